The summed E-state index contributed by atoms with van der Waals surface area (Å²) in [4.78, 5) is 8.77. The van der Waals surface area contributed by atoms with Crippen molar-refractivity contribution >= 4 is 29.9 Å². The maximum Gasteiger partial charge on any atom is 0.213 e. The fourth-order valence-electron chi connectivity index (χ4n) is 4.06. The van der Waals surface area contributed by atoms with Crippen LogP contribution >= 0.6 is 24.0 Å². The van der Waals surface area contributed by atoms with Gasteiger partial charge in [-0.2, -0.15) is 5.10 Å². The summed E-state index contributed by atoms with van der Waals surface area (Å²) in [5.41, 5.74) is 4.73. The van der Waals surface area contributed by atoms with E-state index >= 15 is 0 Å². The van der Waals surface area contributed by atoms with Crippen LogP contribution in [0.1, 0.15) is 61.5 Å². The Bertz CT molecular complexity index is 860. The van der Waals surface area contributed by atoms with E-state index < -0.39 is 0 Å². The Kier molecular flexibility index (Phi) is 10.1. The number of nitrogens with zero attached hydrogens (tertiary/aromatic N) is 4. The molecule has 172 valence electrons. The number of guanidine groups is 1. The van der Waals surface area contributed by atoms with Crippen molar-refractivity contribution in [1.82, 2.24) is 25.4 Å². The molecule has 7 nitrogen and oxygen atoms in total. The molecular weight excluding hydrogens is 503 g/mol. The van der Waals surface area contributed by atoms with Gasteiger partial charge in [0.15, 0.2) is 5.96 Å². The highest BCUT2D eigenvalue weighted by Crippen LogP contribution is 2.22. The van der Waals surface area contributed by atoms with Crippen LogP contribution in [0.3, 0.4) is 0 Å². The van der Waals surface area contributed by atoms with Gasteiger partial charge in [-0.25, -0.2) is 4.98 Å². The van der Waals surface area contributed by atoms with Crippen LogP contribution in [-0.4, -0.2) is 39.9 Å². The third kappa shape index (κ3) is 7.36. The number of aryl methyl sites for hydroxylation is 2. The number of hydrogen-bond acceptors (Lipinski definition) is 4. The molecule has 0 aliphatic heterocycles. The predicted octanol–water partition coefficient (Wildman–Crippen LogP) is 4.06. The fraction of sp³-hybridized carbons (Fsp3) is 0.609. The van der Waals surface area contributed by atoms with Gasteiger partial charge in [0.2, 0.25) is 5.88 Å². The SMILES string of the molecule is CN=C(NCc1ccnc(OC2CCCCC2)c1)NC(C)Cc1c(C)nn(C)c1C.I. The number of halogens is 1. The van der Waals surface area contributed by atoms with Gasteiger partial charge in [-0.3, -0.25) is 9.67 Å². The molecule has 1 fully saturated rings. The zero-order valence-corrected chi connectivity index (χ0v) is 21.8. The Morgan fingerprint density at radius 1 is 1.29 bits per heavy atom. The molecule has 0 aromatic carbocycles. The first-order valence-electron chi connectivity index (χ1n) is 11.0. The van der Waals surface area contributed by atoms with Gasteiger partial charge in [0, 0.05) is 44.6 Å². The molecule has 1 atom stereocenters. The van der Waals surface area contributed by atoms with Crippen LogP contribution in [0.4, 0.5) is 0 Å². The van der Waals surface area contributed by atoms with E-state index in [-0.39, 0.29) is 30.0 Å². The van der Waals surface area contributed by atoms with E-state index in [0.29, 0.717) is 12.6 Å². The van der Waals surface area contributed by atoms with Crippen LogP contribution in [0.15, 0.2) is 23.3 Å². The summed E-state index contributed by atoms with van der Waals surface area (Å²) in [5, 5.41) is 11.4. The van der Waals surface area contributed by atoms with Crippen molar-refractivity contribution < 1.29 is 4.74 Å². The standard InChI is InChI=1S/C23H36N6O.HI/c1-16(13-21-17(2)28-29(5)18(21)3)27-23(24-4)26-15-19-11-12-25-22(14-19)30-20-9-7-6-8-10-20;/h11-12,14,16,20H,6-10,13,15H2,1-5H3,(H2,24,26,27);1H. The van der Waals surface area contributed by atoms with E-state index in [0.717, 1.165) is 42.4 Å². The molecule has 1 unspecified atom stereocenters. The summed E-state index contributed by atoms with van der Waals surface area (Å²) in [6.45, 7) is 7.02. The lowest BCUT2D eigenvalue weighted by atomic mass is 9.98. The summed E-state index contributed by atoms with van der Waals surface area (Å²) >= 11 is 0. The molecule has 0 amide bonds. The van der Waals surface area contributed by atoms with Crippen LogP contribution in [0.2, 0.25) is 0 Å². The van der Waals surface area contributed by atoms with Gasteiger partial charge in [0.1, 0.15) is 6.10 Å². The van der Waals surface area contributed by atoms with Gasteiger partial charge in [0.25, 0.3) is 0 Å². The van der Waals surface area contributed by atoms with Gasteiger partial charge < -0.3 is 15.4 Å². The molecule has 2 heterocycles. The molecule has 1 saturated carbocycles. The van der Waals surface area contributed by atoms with Crippen molar-refractivity contribution in [2.45, 2.75) is 78.0 Å². The molecule has 31 heavy (non-hydrogen) atoms. The molecule has 3 rings (SSSR count). The third-order valence-electron chi connectivity index (χ3n) is 5.87. The Balaban J connectivity index is 0.00000341. The van der Waals surface area contributed by atoms with Crippen molar-refractivity contribution in [2.24, 2.45) is 12.0 Å². The van der Waals surface area contributed by atoms with Crippen molar-refractivity contribution in [2.75, 3.05) is 7.05 Å². The van der Waals surface area contributed by atoms with Gasteiger partial charge in [-0.05, 0) is 70.1 Å². The quantitative estimate of drug-likeness (QED) is 0.315. The topological polar surface area (TPSA) is 76.4 Å². The predicted molar refractivity (Wildman–Crippen MR) is 136 cm³/mol. The van der Waals surface area contributed by atoms with E-state index in [1.165, 1.54) is 30.5 Å². The van der Waals surface area contributed by atoms with Crippen molar-refractivity contribution in [3.63, 3.8) is 0 Å². The first-order valence-corrected chi connectivity index (χ1v) is 11.0. The van der Waals surface area contributed by atoms with E-state index in [1.807, 2.05) is 30.1 Å². The van der Waals surface area contributed by atoms with Crippen LogP contribution < -0.4 is 15.4 Å². The lowest BCUT2D eigenvalue weighted by Gasteiger charge is -2.22. The number of nitrogens with one attached hydrogen (secondary N) is 2. The second-order valence-electron chi connectivity index (χ2n) is 8.33. The minimum Gasteiger partial charge on any atom is -0.474 e. The maximum atomic E-state index is 6.09. The summed E-state index contributed by atoms with van der Waals surface area (Å²) in [7, 11) is 3.79. The molecule has 1 aliphatic rings. The first-order chi connectivity index (χ1) is 14.5. The van der Waals surface area contributed by atoms with Crippen molar-refractivity contribution in [3.05, 3.63) is 40.8 Å². The number of hydrogen-bond donors (Lipinski definition) is 2. The monoisotopic (exact) mass is 540 g/mol. The largest absolute Gasteiger partial charge is 0.474 e. The summed E-state index contributed by atoms with van der Waals surface area (Å²) in [6, 6.07) is 4.28. The van der Waals surface area contributed by atoms with Gasteiger partial charge in [-0.15, -0.1) is 24.0 Å². The van der Waals surface area contributed by atoms with Gasteiger partial charge in [-0.1, -0.05) is 6.42 Å². The molecule has 2 aromatic heterocycles. The highest BCUT2D eigenvalue weighted by atomic mass is 127. The van der Waals surface area contributed by atoms with Gasteiger partial charge >= 0.3 is 0 Å². The molecule has 0 saturated heterocycles. The number of rotatable bonds is 7. The Hall–Kier alpha value is -1.84. The van der Waals surface area contributed by atoms with E-state index in [4.69, 9.17) is 4.74 Å². The number of ether oxygens (including phenoxy) is 1. The molecule has 0 bridgehead atoms. The van der Waals surface area contributed by atoms with Crippen LogP contribution in [0, 0.1) is 13.8 Å². The minimum atomic E-state index is 0. The molecule has 0 spiro atoms. The smallest absolute Gasteiger partial charge is 0.213 e. The average molecular weight is 540 g/mol. The lowest BCUT2D eigenvalue weighted by Crippen LogP contribution is -2.42. The van der Waals surface area contributed by atoms with E-state index in [2.05, 4.69) is 46.5 Å². The lowest BCUT2D eigenvalue weighted by molar-refractivity contribution is 0.148. The molecule has 8 heteroatoms. The summed E-state index contributed by atoms with van der Waals surface area (Å²) < 4.78 is 8.04. The molecule has 2 N–H and O–H groups in total. The van der Waals surface area contributed by atoms with Crippen molar-refractivity contribution in [1.29, 1.82) is 0 Å². The third-order valence-corrected chi connectivity index (χ3v) is 5.87. The average Bonchev–Trinajstić information content (AvgIpc) is 2.98. The normalized spacial score (nSPS) is 15.8. The Labute approximate surface area is 203 Å². The molecule has 0 radical (unpaired) electrons. The molecule has 2 aromatic rings. The fourth-order valence-corrected chi connectivity index (χ4v) is 4.06. The number of aromatic nitrogens is 3. The van der Waals surface area contributed by atoms with Crippen molar-refractivity contribution in [3.8, 4) is 5.88 Å². The Morgan fingerprint density at radius 2 is 2.03 bits per heavy atom. The van der Waals surface area contributed by atoms with Gasteiger partial charge in [0.05, 0.1) is 5.69 Å². The highest BCUT2D eigenvalue weighted by molar-refractivity contribution is 14.0. The summed E-state index contributed by atoms with van der Waals surface area (Å²) in [5.74, 6) is 1.51. The van der Waals surface area contributed by atoms with Crippen LogP contribution in [0.25, 0.3) is 0 Å². The Morgan fingerprint density at radius 3 is 2.68 bits per heavy atom. The second-order valence-corrected chi connectivity index (χ2v) is 8.33. The second kappa shape index (κ2) is 12.3. The molecule has 1 aliphatic carbocycles. The zero-order valence-electron chi connectivity index (χ0n) is 19.4. The highest BCUT2D eigenvalue weighted by Gasteiger charge is 2.16. The minimum absolute atomic E-state index is 0. The van der Waals surface area contributed by atoms with E-state index in [1.54, 1.807) is 7.05 Å². The number of aliphatic imine (C=N–C) groups is 1. The first kappa shape index (κ1) is 25.4. The van der Waals surface area contributed by atoms with Crippen LogP contribution in [-0.2, 0) is 20.0 Å². The zero-order chi connectivity index (χ0) is 21.5. The van der Waals surface area contributed by atoms with E-state index in [9.17, 15) is 0 Å². The van der Waals surface area contributed by atoms with Crippen LogP contribution in [0.5, 0.6) is 5.88 Å². The summed E-state index contributed by atoms with van der Waals surface area (Å²) in [6.07, 6.45) is 9.13. The molecular formula is C23H37IN6O. The number of pyridine rings is 1. The maximum absolute atomic E-state index is 6.09.